The number of hydrogen-bond acceptors (Lipinski definition) is 2. The molecule has 1 rings (SSSR count). The van der Waals surface area contributed by atoms with Gasteiger partial charge in [-0.25, -0.2) is 0 Å². The van der Waals surface area contributed by atoms with E-state index in [9.17, 15) is 0 Å². The van der Waals surface area contributed by atoms with Gasteiger partial charge in [-0.3, -0.25) is 0 Å². The van der Waals surface area contributed by atoms with Crippen molar-refractivity contribution in [1.82, 2.24) is 0 Å². The number of hydrogen-bond donors (Lipinski definition) is 1. The molecule has 0 aliphatic heterocycles. The van der Waals surface area contributed by atoms with E-state index in [2.05, 4.69) is 12.6 Å². The predicted octanol–water partition coefficient (Wildman–Crippen LogP) is 4.22. The highest BCUT2D eigenvalue weighted by Gasteiger charge is 2.10. The topological polar surface area (TPSA) is 35.2 Å². The maximum absolute atomic E-state index is 6.24. The number of nitrogens with two attached hydrogens (primary N) is 1. The summed E-state index contributed by atoms with van der Waals surface area (Å²) in [5.41, 5.74) is 7.37. The average Bonchev–Trinajstić information content (AvgIpc) is 2.39. The molecule has 0 amide bonds. The molecule has 2 nitrogen and oxygen atoms in total. The second-order valence-electron chi connectivity index (χ2n) is 4.50. The molecule has 0 saturated carbocycles. The minimum Gasteiger partial charge on any atom is -0.494 e. The SMILES string of the molecule is C=CCCCCCC(N)c1ccccc1OCC. The number of para-hydroxylation sites is 1. The van der Waals surface area contributed by atoms with Crippen LogP contribution in [0.15, 0.2) is 36.9 Å². The van der Waals surface area contributed by atoms with Gasteiger partial charge in [-0.2, -0.15) is 0 Å². The number of benzene rings is 1. The monoisotopic (exact) mass is 247 g/mol. The van der Waals surface area contributed by atoms with Crippen LogP contribution < -0.4 is 10.5 Å². The quantitative estimate of drug-likeness (QED) is 0.524. The van der Waals surface area contributed by atoms with Crippen LogP contribution in [0, 0.1) is 0 Å². The summed E-state index contributed by atoms with van der Waals surface area (Å²) in [5, 5.41) is 0. The fraction of sp³-hybridized carbons (Fsp3) is 0.500. The van der Waals surface area contributed by atoms with E-state index in [1.54, 1.807) is 0 Å². The number of unbranched alkanes of at least 4 members (excludes halogenated alkanes) is 3. The maximum Gasteiger partial charge on any atom is 0.124 e. The van der Waals surface area contributed by atoms with Gasteiger partial charge in [0.15, 0.2) is 0 Å². The Morgan fingerprint density at radius 1 is 1.28 bits per heavy atom. The van der Waals surface area contributed by atoms with Crippen molar-refractivity contribution in [2.24, 2.45) is 5.73 Å². The third-order valence-electron chi connectivity index (χ3n) is 3.04. The molecular weight excluding hydrogens is 222 g/mol. The van der Waals surface area contributed by atoms with Crippen LogP contribution in [0.1, 0.15) is 50.6 Å². The van der Waals surface area contributed by atoms with Crippen LogP contribution in [0.5, 0.6) is 5.75 Å². The third-order valence-corrected chi connectivity index (χ3v) is 3.04. The van der Waals surface area contributed by atoms with Crippen molar-refractivity contribution >= 4 is 0 Å². The fourth-order valence-corrected chi connectivity index (χ4v) is 2.06. The lowest BCUT2D eigenvalue weighted by atomic mass is 10.00. The molecule has 1 unspecified atom stereocenters. The van der Waals surface area contributed by atoms with Crippen molar-refractivity contribution in [2.45, 2.75) is 45.1 Å². The average molecular weight is 247 g/mol. The first-order valence-corrected chi connectivity index (χ1v) is 6.87. The molecule has 1 atom stereocenters. The lowest BCUT2D eigenvalue weighted by Crippen LogP contribution is -2.12. The molecule has 1 aromatic carbocycles. The van der Waals surface area contributed by atoms with Gasteiger partial charge >= 0.3 is 0 Å². The van der Waals surface area contributed by atoms with Crippen molar-refractivity contribution in [3.05, 3.63) is 42.5 Å². The van der Waals surface area contributed by atoms with E-state index in [4.69, 9.17) is 10.5 Å². The summed E-state index contributed by atoms with van der Waals surface area (Å²) in [6, 6.07) is 8.16. The lowest BCUT2D eigenvalue weighted by Gasteiger charge is -2.16. The molecule has 100 valence electrons. The van der Waals surface area contributed by atoms with Crippen LogP contribution in [0.4, 0.5) is 0 Å². The zero-order chi connectivity index (χ0) is 13.2. The molecule has 0 saturated heterocycles. The summed E-state index contributed by atoms with van der Waals surface area (Å²) < 4.78 is 5.61. The van der Waals surface area contributed by atoms with Crippen molar-refractivity contribution in [2.75, 3.05) is 6.61 Å². The second kappa shape index (κ2) is 8.76. The van der Waals surface area contributed by atoms with E-state index < -0.39 is 0 Å². The highest BCUT2D eigenvalue weighted by atomic mass is 16.5. The Kier molecular flexibility index (Phi) is 7.19. The highest BCUT2D eigenvalue weighted by Crippen LogP contribution is 2.26. The Morgan fingerprint density at radius 2 is 2.06 bits per heavy atom. The summed E-state index contributed by atoms with van der Waals surface area (Å²) in [6.07, 6.45) is 7.69. The molecule has 0 bridgehead atoms. The third kappa shape index (κ3) is 4.92. The van der Waals surface area contributed by atoms with Gasteiger partial charge in [-0.15, -0.1) is 6.58 Å². The zero-order valence-electron chi connectivity index (χ0n) is 11.4. The van der Waals surface area contributed by atoms with Crippen molar-refractivity contribution in [3.8, 4) is 5.75 Å². The van der Waals surface area contributed by atoms with E-state index in [0.29, 0.717) is 6.61 Å². The number of ether oxygens (including phenoxy) is 1. The molecular formula is C16H25NO. The second-order valence-corrected chi connectivity index (χ2v) is 4.50. The number of rotatable bonds is 9. The van der Waals surface area contributed by atoms with Crippen molar-refractivity contribution in [3.63, 3.8) is 0 Å². The zero-order valence-corrected chi connectivity index (χ0v) is 11.4. The van der Waals surface area contributed by atoms with Gasteiger partial charge in [-0.1, -0.05) is 37.1 Å². The molecule has 0 heterocycles. The van der Waals surface area contributed by atoms with E-state index >= 15 is 0 Å². The largest absolute Gasteiger partial charge is 0.494 e. The van der Waals surface area contributed by atoms with E-state index in [1.165, 1.54) is 12.8 Å². The van der Waals surface area contributed by atoms with Crippen molar-refractivity contribution < 1.29 is 4.74 Å². The first-order valence-electron chi connectivity index (χ1n) is 6.87. The summed E-state index contributed by atoms with van der Waals surface area (Å²) in [7, 11) is 0. The lowest BCUT2D eigenvalue weighted by molar-refractivity contribution is 0.333. The molecule has 18 heavy (non-hydrogen) atoms. The fourth-order valence-electron chi connectivity index (χ4n) is 2.06. The summed E-state index contributed by atoms with van der Waals surface area (Å²) in [5.74, 6) is 0.929. The van der Waals surface area contributed by atoms with E-state index in [0.717, 1.165) is 30.6 Å². The summed E-state index contributed by atoms with van der Waals surface area (Å²) >= 11 is 0. The molecule has 0 aliphatic carbocycles. The first-order chi connectivity index (χ1) is 8.79. The van der Waals surface area contributed by atoms with Crippen LogP contribution >= 0.6 is 0 Å². The molecule has 0 fully saturated rings. The summed E-state index contributed by atoms with van der Waals surface area (Å²) in [4.78, 5) is 0. The van der Waals surface area contributed by atoms with Gasteiger partial charge in [0.1, 0.15) is 5.75 Å². The molecule has 0 spiro atoms. The van der Waals surface area contributed by atoms with Gasteiger partial charge in [0, 0.05) is 11.6 Å². The van der Waals surface area contributed by atoms with Gasteiger partial charge in [0.2, 0.25) is 0 Å². The maximum atomic E-state index is 6.24. The molecule has 1 aromatic rings. The molecule has 0 radical (unpaired) electrons. The van der Waals surface area contributed by atoms with Crippen molar-refractivity contribution in [1.29, 1.82) is 0 Å². The minimum absolute atomic E-state index is 0.0801. The first kappa shape index (κ1) is 14.8. The van der Waals surface area contributed by atoms with Gasteiger partial charge in [0.25, 0.3) is 0 Å². The minimum atomic E-state index is 0.0801. The normalized spacial score (nSPS) is 12.1. The Morgan fingerprint density at radius 3 is 2.78 bits per heavy atom. The Hall–Kier alpha value is -1.28. The van der Waals surface area contributed by atoms with Crippen LogP contribution in [-0.2, 0) is 0 Å². The molecule has 2 heteroatoms. The van der Waals surface area contributed by atoms with Gasteiger partial charge < -0.3 is 10.5 Å². The van der Waals surface area contributed by atoms with Crippen LogP contribution in [0.2, 0.25) is 0 Å². The van der Waals surface area contributed by atoms with Crippen LogP contribution in [0.25, 0.3) is 0 Å². The Bertz CT molecular complexity index is 349. The van der Waals surface area contributed by atoms with E-state index in [-0.39, 0.29) is 6.04 Å². The van der Waals surface area contributed by atoms with E-state index in [1.807, 2.05) is 31.2 Å². The number of allylic oxidation sites excluding steroid dienone is 1. The molecule has 0 aliphatic rings. The Balaban J connectivity index is 2.44. The van der Waals surface area contributed by atoms with Gasteiger partial charge in [0.05, 0.1) is 6.61 Å². The summed E-state index contributed by atoms with van der Waals surface area (Å²) in [6.45, 7) is 6.41. The molecule has 2 N–H and O–H groups in total. The van der Waals surface area contributed by atoms with Crippen LogP contribution in [0.3, 0.4) is 0 Å². The predicted molar refractivity (Wildman–Crippen MR) is 77.8 cm³/mol. The highest BCUT2D eigenvalue weighted by molar-refractivity contribution is 5.35. The standard InChI is InChI=1S/C16H25NO/c1-3-5-6-7-8-12-15(17)14-11-9-10-13-16(14)18-4-2/h3,9-11,13,15H,1,4-8,12,17H2,2H3. The molecule has 0 aromatic heterocycles. The van der Waals surface area contributed by atoms with Gasteiger partial charge in [-0.05, 0) is 32.3 Å². The smallest absolute Gasteiger partial charge is 0.124 e. The Labute approximate surface area is 111 Å². The van der Waals surface area contributed by atoms with Crippen LogP contribution in [-0.4, -0.2) is 6.61 Å².